The lowest BCUT2D eigenvalue weighted by molar-refractivity contribution is 0.590. The molecule has 0 aliphatic rings. The Labute approximate surface area is 340 Å². The lowest BCUT2D eigenvalue weighted by atomic mass is 9.82. The van der Waals surface area contributed by atoms with Gasteiger partial charge in [-0.05, 0) is 167 Å². The molecule has 0 saturated carbocycles. The van der Waals surface area contributed by atoms with E-state index < -0.39 is 0 Å². The molecule has 0 unspecified atom stereocenters. The van der Waals surface area contributed by atoms with Crippen LogP contribution in [0.2, 0.25) is 0 Å². The van der Waals surface area contributed by atoms with Crippen molar-refractivity contribution in [2.45, 2.75) is 52.4 Å². The molecule has 0 radical (unpaired) electrons. The molecule has 0 heterocycles. The molecule has 0 fully saturated rings. The molecule has 58 heavy (non-hydrogen) atoms. The Bertz CT molecular complexity index is 3510. The Morgan fingerprint density at radius 3 is 1.16 bits per heavy atom. The Balaban J connectivity index is 1.04. The molecule has 0 spiro atoms. The minimum atomic E-state index is 0.0646. The average molecular weight is 743 g/mol. The summed E-state index contributed by atoms with van der Waals surface area (Å²) in [5.74, 6) is 0. The van der Waals surface area contributed by atoms with Gasteiger partial charge in [-0.1, -0.05) is 175 Å². The van der Waals surface area contributed by atoms with E-state index in [1.807, 2.05) is 0 Å². The minimum Gasteiger partial charge on any atom is -0.0616 e. The van der Waals surface area contributed by atoms with Gasteiger partial charge in [-0.15, -0.1) is 0 Å². The largest absolute Gasteiger partial charge is 0.0616 e. The molecule has 0 nitrogen and oxygen atoms in total. The first-order valence-electron chi connectivity index (χ1n) is 20.7. The van der Waals surface area contributed by atoms with Crippen molar-refractivity contribution in [2.24, 2.45) is 0 Å². The summed E-state index contributed by atoms with van der Waals surface area (Å²) in [7, 11) is 0. The van der Waals surface area contributed by atoms with Crippen LogP contribution in [-0.4, -0.2) is 0 Å². The molecule has 0 bridgehead atoms. The Morgan fingerprint density at radius 2 is 0.552 bits per heavy atom. The quantitative estimate of drug-likeness (QED) is 0.155. The Morgan fingerprint density at radius 1 is 0.224 bits per heavy atom. The third-order valence-electron chi connectivity index (χ3n) is 12.9. The first-order chi connectivity index (χ1) is 28.0. The first-order valence-corrected chi connectivity index (χ1v) is 20.7. The zero-order valence-electron chi connectivity index (χ0n) is 34.2. The average Bonchev–Trinajstić information content (AvgIpc) is 3.24. The van der Waals surface area contributed by atoms with E-state index in [0.29, 0.717) is 0 Å². The van der Waals surface area contributed by atoms with Crippen LogP contribution in [0.3, 0.4) is 0 Å². The summed E-state index contributed by atoms with van der Waals surface area (Å²) in [4.78, 5) is 0. The molecule has 0 aliphatic heterocycles. The van der Waals surface area contributed by atoms with Crippen LogP contribution in [0.4, 0.5) is 0 Å². The SMILES string of the molecule is CC(C)(C)c1ccc2c3ccc(-c4ccc5c(ccc6ccc(-c7ccc8ccc9c%10ccccc%10ccc9c8c7)cc65)c4)cc3c3ccc(C(C)(C)C)cc3c2c1. The Kier molecular flexibility index (Phi) is 7.48. The molecule has 0 saturated heterocycles. The molecule has 0 atom stereocenters. The van der Waals surface area contributed by atoms with Crippen LogP contribution in [-0.2, 0) is 10.8 Å². The van der Waals surface area contributed by atoms with E-state index in [0.717, 1.165) is 0 Å². The number of benzene rings is 11. The van der Waals surface area contributed by atoms with Crippen LogP contribution in [0.15, 0.2) is 170 Å². The zero-order chi connectivity index (χ0) is 39.5. The maximum atomic E-state index is 2.45. The molecule has 0 amide bonds. The van der Waals surface area contributed by atoms with Gasteiger partial charge >= 0.3 is 0 Å². The van der Waals surface area contributed by atoms with Gasteiger partial charge in [-0.25, -0.2) is 0 Å². The van der Waals surface area contributed by atoms with Crippen molar-refractivity contribution in [3.05, 3.63) is 181 Å². The molecular formula is C58H46. The van der Waals surface area contributed by atoms with Crippen LogP contribution < -0.4 is 0 Å². The summed E-state index contributed by atoms with van der Waals surface area (Å²) < 4.78 is 0. The third kappa shape index (κ3) is 5.50. The van der Waals surface area contributed by atoms with E-state index >= 15 is 0 Å². The highest BCUT2D eigenvalue weighted by molar-refractivity contribution is 6.26. The van der Waals surface area contributed by atoms with Gasteiger partial charge in [0, 0.05) is 0 Å². The molecule has 0 aliphatic carbocycles. The highest BCUT2D eigenvalue weighted by Gasteiger charge is 2.20. The molecule has 278 valence electrons. The van der Waals surface area contributed by atoms with Gasteiger partial charge in [0.25, 0.3) is 0 Å². The van der Waals surface area contributed by atoms with E-state index in [9.17, 15) is 0 Å². The second-order valence-electron chi connectivity index (χ2n) is 18.6. The highest BCUT2D eigenvalue weighted by Crippen LogP contribution is 2.42. The first kappa shape index (κ1) is 34.7. The van der Waals surface area contributed by atoms with Crippen LogP contribution in [0.1, 0.15) is 52.7 Å². The molecule has 11 aromatic rings. The lowest BCUT2D eigenvalue weighted by Gasteiger charge is -2.23. The lowest BCUT2D eigenvalue weighted by Crippen LogP contribution is -2.11. The van der Waals surface area contributed by atoms with Crippen molar-refractivity contribution < 1.29 is 0 Å². The zero-order valence-corrected chi connectivity index (χ0v) is 34.2. The second-order valence-corrected chi connectivity index (χ2v) is 18.6. The number of hydrogen-bond donors (Lipinski definition) is 0. The summed E-state index contributed by atoms with van der Waals surface area (Å²) >= 11 is 0. The van der Waals surface area contributed by atoms with E-state index in [-0.39, 0.29) is 10.8 Å². The van der Waals surface area contributed by atoms with Gasteiger partial charge in [-0.2, -0.15) is 0 Å². The standard InChI is InChI=1S/C58H46/c1-57(2,3)43-21-27-50-49-26-20-41(32-54(49)51-28-22-44(58(4,5)6)34-56(51)55(50)33-43)38-19-23-46-42(29-38)16-13-36-11-14-39(30-52(36)46)40-15-12-37-18-24-47-45-10-8-7-9-35(45)17-25-48(47)53(37)31-40/h7-34H,1-6H3. The van der Waals surface area contributed by atoms with E-state index in [1.165, 1.54) is 120 Å². The van der Waals surface area contributed by atoms with Crippen LogP contribution in [0, 0.1) is 0 Å². The van der Waals surface area contributed by atoms with Gasteiger partial charge in [0.2, 0.25) is 0 Å². The predicted octanol–water partition coefficient (Wildman–Crippen LogP) is 16.8. The summed E-state index contributed by atoms with van der Waals surface area (Å²) in [5, 5.41) is 20.8. The Hall–Kier alpha value is -6.50. The summed E-state index contributed by atoms with van der Waals surface area (Å²) in [5.41, 5.74) is 7.83. The second kappa shape index (κ2) is 12.5. The normalized spacial score (nSPS) is 12.7. The number of hydrogen-bond acceptors (Lipinski definition) is 0. The number of rotatable bonds is 2. The topological polar surface area (TPSA) is 0 Å². The summed E-state index contributed by atoms with van der Waals surface area (Å²) in [6.07, 6.45) is 0. The van der Waals surface area contributed by atoms with Crippen LogP contribution in [0.5, 0.6) is 0 Å². The van der Waals surface area contributed by atoms with E-state index in [2.05, 4.69) is 211 Å². The van der Waals surface area contributed by atoms with E-state index in [1.54, 1.807) is 0 Å². The van der Waals surface area contributed by atoms with Gasteiger partial charge in [-0.3, -0.25) is 0 Å². The monoisotopic (exact) mass is 742 g/mol. The highest BCUT2D eigenvalue weighted by atomic mass is 14.2. The van der Waals surface area contributed by atoms with Gasteiger partial charge in [0.1, 0.15) is 0 Å². The number of fused-ring (bicyclic) bond motifs is 14. The third-order valence-corrected chi connectivity index (χ3v) is 12.9. The molecular weight excluding hydrogens is 697 g/mol. The summed E-state index contributed by atoms with van der Waals surface area (Å²) in [6.45, 7) is 13.9. The molecule has 11 aromatic carbocycles. The van der Waals surface area contributed by atoms with Crippen molar-refractivity contribution in [2.75, 3.05) is 0 Å². The fraction of sp³-hybridized carbons (Fsp3) is 0.138. The van der Waals surface area contributed by atoms with Gasteiger partial charge < -0.3 is 0 Å². The van der Waals surface area contributed by atoms with Crippen molar-refractivity contribution >= 4 is 86.2 Å². The minimum absolute atomic E-state index is 0.0646. The van der Waals surface area contributed by atoms with Gasteiger partial charge in [0.15, 0.2) is 0 Å². The van der Waals surface area contributed by atoms with Crippen LogP contribution >= 0.6 is 0 Å². The molecule has 0 aromatic heterocycles. The predicted molar refractivity (Wildman–Crippen MR) is 255 cm³/mol. The maximum Gasteiger partial charge on any atom is -0.00928 e. The summed E-state index contributed by atoms with van der Waals surface area (Å²) in [6, 6.07) is 64.7. The van der Waals surface area contributed by atoms with Crippen molar-refractivity contribution in [1.29, 1.82) is 0 Å². The molecule has 0 N–H and O–H groups in total. The fourth-order valence-corrected chi connectivity index (χ4v) is 9.54. The van der Waals surface area contributed by atoms with Crippen molar-refractivity contribution in [3.8, 4) is 22.3 Å². The van der Waals surface area contributed by atoms with Crippen LogP contribution in [0.25, 0.3) is 108 Å². The van der Waals surface area contributed by atoms with Crippen molar-refractivity contribution in [1.82, 2.24) is 0 Å². The fourth-order valence-electron chi connectivity index (χ4n) is 9.54. The molecule has 11 rings (SSSR count). The maximum absolute atomic E-state index is 2.45. The van der Waals surface area contributed by atoms with E-state index in [4.69, 9.17) is 0 Å². The van der Waals surface area contributed by atoms with Gasteiger partial charge in [0.05, 0.1) is 0 Å². The molecule has 0 heteroatoms. The smallest absolute Gasteiger partial charge is 0.00928 e. The van der Waals surface area contributed by atoms with Crippen molar-refractivity contribution in [3.63, 3.8) is 0 Å².